The van der Waals surface area contributed by atoms with Gasteiger partial charge in [0, 0.05) is 31.0 Å². The van der Waals surface area contributed by atoms with Crippen LogP contribution in [0.5, 0.6) is 0 Å². The molecule has 0 N–H and O–H groups in total. The number of hydrogen-bond donors (Lipinski definition) is 0. The van der Waals surface area contributed by atoms with Gasteiger partial charge in [-0.3, -0.25) is 4.79 Å². The van der Waals surface area contributed by atoms with Crippen LogP contribution < -0.4 is 9.80 Å². The molecule has 0 aromatic heterocycles. The predicted molar refractivity (Wildman–Crippen MR) is 82.2 cm³/mol. The number of esters is 1. The van der Waals surface area contributed by atoms with Gasteiger partial charge in [-0.1, -0.05) is 6.07 Å². The van der Waals surface area contributed by atoms with E-state index in [1.165, 1.54) is 4.90 Å². The highest BCUT2D eigenvalue weighted by atomic mass is 16.5. The topological polar surface area (TPSA) is 59.1 Å². The molecule has 1 amide bonds. The molecule has 6 nitrogen and oxygen atoms in total. The van der Waals surface area contributed by atoms with Gasteiger partial charge < -0.3 is 19.3 Å². The van der Waals surface area contributed by atoms with E-state index in [1.807, 2.05) is 12.1 Å². The largest absolute Gasteiger partial charge is 0.459 e. The van der Waals surface area contributed by atoms with Gasteiger partial charge in [-0.2, -0.15) is 0 Å². The minimum absolute atomic E-state index is 0.207. The van der Waals surface area contributed by atoms with E-state index in [0.717, 1.165) is 36.4 Å². The van der Waals surface area contributed by atoms with Crippen LogP contribution in [0.4, 0.5) is 11.4 Å². The first kappa shape index (κ1) is 14.8. The Morgan fingerprint density at radius 2 is 2.00 bits per heavy atom. The van der Waals surface area contributed by atoms with Crippen LogP contribution in [-0.4, -0.2) is 51.3 Å². The summed E-state index contributed by atoms with van der Waals surface area (Å²) in [5.74, 6) is -1.37. The molecular formula is C16H20N2O4. The number of ether oxygens (including phenoxy) is 2. The number of carbonyl (C=O) groups is 2. The summed E-state index contributed by atoms with van der Waals surface area (Å²) in [5.41, 5.74) is 2.97. The molecule has 0 saturated carbocycles. The fourth-order valence-electron chi connectivity index (χ4n) is 2.90. The summed E-state index contributed by atoms with van der Waals surface area (Å²) in [6, 6.07) is 6.10. The molecule has 0 atom stereocenters. The van der Waals surface area contributed by atoms with Crippen molar-refractivity contribution < 1.29 is 19.1 Å². The Labute approximate surface area is 129 Å². The Morgan fingerprint density at radius 1 is 1.23 bits per heavy atom. The number of morpholine rings is 1. The van der Waals surface area contributed by atoms with Gasteiger partial charge in [-0.25, -0.2) is 4.79 Å². The van der Waals surface area contributed by atoms with Gasteiger partial charge in [-0.05, 0) is 31.0 Å². The van der Waals surface area contributed by atoms with Crippen molar-refractivity contribution in [2.24, 2.45) is 0 Å². The minimum Gasteiger partial charge on any atom is -0.459 e. The Kier molecular flexibility index (Phi) is 4.29. The van der Waals surface area contributed by atoms with Crippen LogP contribution in [-0.2, 0) is 25.5 Å². The molecule has 0 unspecified atom stereocenters. The number of benzene rings is 1. The van der Waals surface area contributed by atoms with Crippen molar-refractivity contribution in [1.82, 2.24) is 0 Å². The number of hydrogen-bond acceptors (Lipinski definition) is 5. The van der Waals surface area contributed by atoms with Crippen molar-refractivity contribution in [2.75, 3.05) is 49.3 Å². The molecule has 0 bridgehead atoms. The molecule has 0 aliphatic carbocycles. The van der Waals surface area contributed by atoms with E-state index in [1.54, 1.807) is 6.92 Å². The number of carbonyl (C=O) groups excluding carboxylic acids is 2. The van der Waals surface area contributed by atoms with Crippen LogP contribution in [0.25, 0.3) is 0 Å². The van der Waals surface area contributed by atoms with Crippen LogP contribution in [0.3, 0.4) is 0 Å². The van der Waals surface area contributed by atoms with Gasteiger partial charge in [-0.15, -0.1) is 0 Å². The van der Waals surface area contributed by atoms with Crippen LogP contribution >= 0.6 is 0 Å². The summed E-state index contributed by atoms with van der Waals surface area (Å²) in [6.45, 7) is 5.53. The van der Waals surface area contributed by atoms with Crippen LogP contribution in [0.15, 0.2) is 18.2 Å². The quantitative estimate of drug-likeness (QED) is 0.602. The first-order valence-corrected chi connectivity index (χ1v) is 7.65. The summed E-state index contributed by atoms with van der Waals surface area (Å²) in [7, 11) is 0. The molecule has 0 spiro atoms. The summed E-state index contributed by atoms with van der Waals surface area (Å²) >= 11 is 0. The molecule has 2 aliphatic rings. The average molecular weight is 304 g/mol. The molecule has 1 fully saturated rings. The van der Waals surface area contributed by atoms with E-state index in [-0.39, 0.29) is 6.61 Å². The SMILES string of the molecule is CCOC(=O)C(=O)N1CCc2ccc(N3CCOCC3)cc21. The summed E-state index contributed by atoms with van der Waals surface area (Å²) < 4.78 is 10.2. The van der Waals surface area contributed by atoms with E-state index in [4.69, 9.17) is 9.47 Å². The molecule has 22 heavy (non-hydrogen) atoms. The highest BCUT2D eigenvalue weighted by Gasteiger charge is 2.30. The Bertz CT molecular complexity index is 582. The van der Waals surface area contributed by atoms with Gasteiger partial charge in [0.15, 0.2) is 0 Å². The van der Waals surface area contributed by atoms with Crippen molar-refractivity contribution >= 4 is 23.3 Å². The fourth-order valence-corrected chi connectivity index (χ4v) is 2.90. The van der Waals surface area contributed by atoms with E-state index < -0.39 is 11.9 Å². The van der Waals surface area contributed by atoms with Crippen molar-refractivity contribution in [1.29, 1.82) is 0 Å². The molecule has 118 valence electrons. The zero-order chi connectivity index (χ0) is 15.5. The Hall–Kier alpha value is -2.08. The number of nitrogens with zero attached hydrogens (tertiary/aromatic N) is 2. The summed E-state index contributed by atoms with van der Waals surface area (Å²) in [6.07, 6.45) is 0.768. The smallest absolute Gasteiger partial charge is 0.397 e. The van der Waals surface area contributed by atoms with Crippen molar-refractivity contribution in [3.05, 3.63) is 23.8 Å². The van der Waals surface area contributed by atoms with Gasteiger partial charge in [0.1, 0.15) is 0 Å². The van der Waals surface area contributed by atoms with Crippen LogP contribution in [0, 0.1) is 0 Å². The first-order chi connectivity index (χ1) is 10.7. The molecule has 1 aromatic rings. The lowest BCUT2D eigenvalue weighted by Crippen LogP contribution is -2.37. The van der Waals surface area contributed by atoms with Crippen molar-refractivity contribution in [3.63, 3.8) is 0 Å². The maximum absolute atomic E-state index is 12.2. The third-order valence-electron chi connectivity index (χ3n) is 4.04. The van der Waals surface area contributed by atoms with Crippen molar-refractivity contribution in [3.8, 4) is 0 Å². The van der Waals surface area contributed by atoms with E-state index in [0.29, 0.717) is 19.8 Å². The van der Waals surface area contributed by atoms with E-state index in [2.05, 4.69) is 11.0 Å². The lowest BCUT2D eigenvalue weighted by molar-refractivity contribution is -0.153. The van der Waals surface area contributed by atoms with Gasteiger partial charge >= 0.3 is 11.9 Å². The van der Waals surface area contributed by atoms with E-state index >= 15 is 0 Å². The average Bonchev–Trinajstić information content (AvgIpc) is 2.98. The Morgan fingerprint density at radius 3 is 2.73 bits per heavy atom. The molecule has 2 heterocycles. The maximum atomic E-state index is 12.2. The number of anilines is 2. The third kappa shape index (κ3) is 2.78. The lowest BCUT2D eigenvalue weighted by atomic mass is 10.1. The predicted octanol–water partition coefficient (Wildman–Crippen LogP) is 0.975. The minimum atomic E-state index is -0.785. The highest BCUT2D eigenvalue weighted by molar-refractivity contribution is 6.38. The molecular weight excluding hydrogens is 284 g/mol. The van der Waals surface area contributed by atoms with Gasteiger partial charge in [0.05, 0.1) is 19.8 Å². The monoisotopic (exact) mass is 304 g/mol. The normalized spacial score (nSPS) is 17.3. The zero-order valence-corrected chi connectivity index (χ0v) is 12.7. The second kappa shape index (κ2) is 6.36. The van der Waals surface area contributed by atoms with Crippen LogP contribution in [0.1, 0.15) is 12.5 Å². The molecule has 1 aromatic carbocycles. The second-order valence-corrected chi connectivity index (χ2v) is 5.34. The summed E-state index contributed by atoms with van der Waals surface area (Å²) in [5, 5.41) is 0. The van der Waals surface area contributed by atoms with Gasteiger partial charge in [0.25, 0.3) is 0 Å². The fraction of sp³-hybridized carbons (Fsp3) is 0.500. The number of amides is 1. The lowest BCUT2D eigenvalue weighted by Gasteiger charge is -2.29. The molecule has 6 heteroatoms. The zero-order valence-electron chi connectivity index (χ0n) is 12.7. The third-order valence-corrected chi connectivity index (χ3v) is 4.04. The maximum Gasteiger partial charge on any atom is 0.397 e. The molecule has 0 radical (unpaired) electrons. The van der Waals surface area contributed by atoms with Crippen LogP contribution in [0.2, 0.25) is 0 Å². The second-order valence-electron chi connectivity index (χ2n) is 5.34. The molecule has 1 saturated heterocycles. The van der Waals surface area contributed by atoms with E-state index in [9.17, 15) is 9.59 Å². The summed E-state index contributed by atoms with van der Waals surface area (Å²) in [4.78, 5) is 27.6. The highest BCUT2D eigenvalue weighted by Crippen LogP contribution is 2.32. The molecule has 3 rings (SSSR count). The van der Waals surface area contributed by atoms with Crippen molar-refractivity contribution in [2.45, 2.75) is 13.3 Å². The Balaban J connectivity index is 1.82. The van der Waals surface area contributed by atoms with Gasteiger partial charge in [0.2, 0.25) is 0 Å². The first-order valence-electron chi connectivity index (χ1n) is 7.65. The standard InChI is InChI=1S/C16H20N2O4/c1-2-22-16(20)15(19)18-6-5-12-3-4-13(11-14(12)18)17-7-9-21-10-8-17/h3-4,11H,2,5-10H2,1H3. The number of rotatable bonds is 2. The molecule has 2 aliphatic heterocycles. The number of fused-ring (bicyclic) bond motifs is 1.